The third-order valence-corrected chi connectivity index (χ3v) is 4.76. The van der Waals surface area contributed by atoms with Crippen LogP contribution in [0.15, 0.2) is 22.9 Å². The molecule has 0 saturated heterocycles. The van der Waals surface area contributed by atoms with Crippen molar-refractivity contribution in [2.24, 2.45) is 5.92 Å². The van der Waals surface area contributed by atoms with Crippen molar-refractivity contribution in [3.8, 4) is 6.07 Å². The molecule has 1 aliphatic rings. The zero-order valence-electron chi connectivity index (χ0n) is 12.6. The molecule has 4 rings (SSSR count). The molecule has 0 N–H and O–H groups in total. The maximum atomic E-state index is 9.10. The van der Waals surface area contributed by atoms with E-state index in [0.717, 1.165) is 60.1 Å². The van der Waals surface area contributed by atoms with Crippen LogP contribution in [0.2, 0.25) is 0 Å². The summed E-state index contributed by atoms with van der Waals surface area (Å²) in [5.74, 6) is 1.29. The topological polar surface area (TPSA) is 67.6 Å². The number of nitriles is 1. The predicted octanol–water partition coefficient (Wildman–Crippen LogP) is 3.99. The summed E-state index contributed by atoms with van der Waals surface area (Å²) >= 11 is 0. The van der Waals surface area contributed by atoms with Crippen LogP contribution in [0.1, 0.15) is 44.5 Å². The first-order valence-electron chi connectivity index (χ1n) is 7.94. The molecule has 0 amide bonds. The predicted molar refractivity (Wildman–Crippen MR) is 83.3 cm³/mol. The summed E-state index contributed by atoms with van der Waals surface area (Å²) in [5, 5.41) is 9.10. The first-order valence-corrected chi connectivity index (χ1v) is 7.94. The van der Waals surface area contributed by atoms with Crippen LogP contribution >= 0.6 is 0 Å². The largest absolute Gasteiger partial charge is 0.460 e. The quantitative estimate of drug-likeness (QED) is 0.716. The molecule has 0 unspecified atom stereocenters. The summed E-state index contributed by atoms with van der Waals surface area (Å²) in [5.41, 5.74) is 3.67. The van der Waals surface area contributed by atoms with Crippen LogP contribution < -0.4 is 0 Å². The molecule has 0 aliphatic heterocycles. The zero-order valence-corrected chi connectivity index (χ0v) is 12.6. The Morgan fingerprint density at radius 1 is 1.32 bits per heavy atom. The van der Waals surface area contributed by atoms with Crippen LogP contribution in [0.4, 0.5) is 0 Å². The van der Waals surface area contributed by atoms with Crippen molar-refractivity contribution in [1.29, 1.82) is 5.26 Å². The minimum absolute atomic E-state index is 0.210. The van der Waals surface area contributed by atoms with Gasteiger partial charge in [-0.3, -0.25) is 4.98 Å². The maximum absolute atomic E-state index is 9.10. The Balaban J connectivity index is 1.88. The third-order valence-electron chi connectivity index (χ3n) is 4.76. The Hall–Kier alpha value is -2.35. The number of hydrogen-bond donors (Lipinski definition) is 0. The van der Waals surface area contributed by atoms with Crippen molar-refractivity contribution < 1.29 is 4.42 Å². The third kappa shape index (κ3) is 1.91. The van der Waals surface area contributed by atoms with E-state index in [1.54, 1.807) is 6.26 Å². The van der Waals surface area contributed by atoms with Gasteiger partial charge in [0.15, 0.2) is 5.58 Å². The molecule has 5 nitrogen and oxygen atoms in total. The molecule has 1 aliphatic carbocycles. The van der Waals surface area contributed by atoms with Gasteiger partial charge in [-0.15, -0.1) is 0 Å². The van der Waals surface area contributed by atoms with Crippen molar-refractivity contribution in [2.75, 3.05) is 0 Å². The Labute approximate surface area is 128 Å². The van der Waals surface area contributed by atoms with E-state index >= 15 is 0 Å². The van der Waals surface area contributed by atoms with Gasteiger partial charge in [0.1, 0.15) is 22.4 Å². The number of aryl methyl sites for hydroxylation is 1. The molecule has 3 aromatic heterocycles. The molecule has 0 bridgehead atoms. The van der Waals surface area contributed by atoms with E-state index in [9.17, 15) is 0 Å². The van der Waals surface area contributed by atoms with E-state index in [-0.39, 0.29) is 5.92 Å². The number of aromatic nitrogens is 3. The molecule has 0 aromatic carbocycles. The fourth-order valence-corrected chi connectivity index (χ4v) is 3.63. The highest BCUT2D eigenvalue weighted by molar-refractivity contribution is 5.98. The Kier molecular flexibility index (Phi) is 3.11. The normalized spacial score (nSPS) is 22.2. The second-order valence-electron chi connectivity index (χ2n) is 6.01. The Morgan fingerprint density at radius 2 is 2.14 bits per heavy atom. The van der Waals surface area contributed by atoms with Gasteiger partial charge in [0.25, 0.3) is 0 Å². The van der Waals surface area contributed by atoms with Crippen molar-refractivity contribution in [2.45, 2.75) is 45.1 Å². The first-order chi connectivity index (χ1) is 10.8. The van der Waals surface area contributed by atoms with E-state index in [1.807, 2.05) is 12.3 Å². The van der Waals surface area contributed by atoms with Crippen LogP contribution in [0.5, 0.6) is 0 Å². The number of hydrogen-bond acceptors (Lipinski definition) is 4. The van der Waals surface area contributed by atoms with Crippen molar-refractivity contribution >= 4 is 22.1 Å². The molecular formula is C17H18N4O. The molecule has 0 radical (unpaired) electrons. The molecule has 22 heavy (non-hydrogen) atoms. The average Bonchev–Trinajstić information content (AvgIpc) is 3.18. The molecular weight excluding hydrogens is 276 g/mol. The lowest BCUT2D eigenvalue weighted by Gasteiger charge is -2.27. The summed E-state index contributed by atoms with van der Waals surface area (Å²) in [7, 11) is 0. The molecule has 112 valence electrons. The SMILES string of the molecule is CCc1nc2cnc3ccoc3c2n1C1CCC(C#N)CC1. The number of imidazole rings is 1. The highest BCUT2D eigenvalue weighted by Crippen LogP contribution is 2.37. The Morgan fingerprint density at radius 3 is 2.86 bits per heavy atom. The van der Waals surface area contributed by atoms with Crippen molar-refractivity contribution in [3.63, 3.8) is 0 Å². The molecule has 0 spiro atoms. The van der Waals surface area contributed by atoms with E-state index in [0.29, 0.717) is 6.04 Å². The van der Waals surface area contributed by atoms with Gasteiger partial charge >= 0.3 is 0 Å². The monoisotopic (exact) mass is 294 g/mol. The zero-order chi connectivity index (χ0) is 15.1. The first kappa shape index (κ1) is 13.3. The van der Waals surface area contributed by atoms with Gasteiger partial charge < -0.3 is 8.98 Å². The van der Waals surface area contributed by atoms with Crippen LogP contribution in [-0.4, -0.2) is 14.5 Å². The average molecular weight is 294 g/mol. The number of pyridine rings is 1. The van der Waals surface area contributed by atoms with Crippen LogP contribution in [0, 0.1) is 17.2 Å². The van der Waals surface area contributed by atoms with Crippen LogP contribution in [0.3, 0.4) is 0 Å². The standard InChI is InChI=1S/C17H18N4O/c1-2-15-20-14-10-19-13-7-8-22-17(13)16(14)21(15)12-5-3-11(9-18)4-6-12/h7-8,10-12H,2-6H2,1H3. The van der Waals surface area contributed by atoms with Crippen LogP contribution in [0.25, 0.3) is 22.1 Å². The van der Waals surface area contributed by atoms with Crippen molar-refractivity contribution in [1.82, 2.24) is 14.5 Å². The molecule has 3 aromatic rings. The minimum atomic E-state index is 0.210. The Bertz CT molecular complexity index is 862. The molecule has 1 saturated carbocycles. The maximum Gasteiger partial charge on any atom is 0.178 e. The summed E-state index contributed by atoms with van der Waals surface area (Å²) in [6.45, 7) is 2.13. The highest BCUT2D eigenvalue weighted by atomic mass is 16.3. The van der Waals surface area contributed by atoms with E-state index in [4.69, 9.17) is 14.7 Å². The van der Waals surface area contributed by atoms with E-state index in [1.165, 1.54) is 0 Å². The fourth-order valence-electron chi connectivity index (χ4n) is 3.63. The summed E-state index contributed by atoms with van der Waals surface area (Å²) < 4.78 is 8.03. The minimum Gasteiger partial charge on any atom is -0.460 e. The number of rotatable bonds is 2. The number of fused-ring (bicyclic) bond motifs is 3. The number of furan rings is 1. The molecule has 1 fully saturated rings. The molecule has 3 heterocycles. The van der Waals surface area contributed by atoms with Gasteiger partial charge in [0.05, 0.1) is 18.5 Å². The lowest BCUT2D eigenvalue weighted by molar-refractivity contribution is 0.313. The second-order valence-corrected chi connectivity index (χ2v) is 6.01. The van der Waals surface area contributed by atoms with Crippen LogP contribution in [-0.2, 0) is 6.42 Å². The van der Waals surface area contributed by atoms with Gasteiger partial charge in [0.2, 0.25) is 0 Å². The number of nitrogens with zero attached hydrogens (tertiary/aromatic N) is 4. The molecule has 5 heteroatoms. The lowest BCUT2D eigenvalue weighted by Crippen LogP contribution is -2.19. The summed E-state index contributed by atoms with van der Waals surface area (Å²) in [4.78, 5) is 9.17. The fraction of sp³-hybridized carbons (Fsp3) is 0.471. The molecule has 0 atom stereocenters. The highest BCUT2D eigenvalue weighted by Gasteiger charge is 2.26. The van der Waals surface area contributed by atoms with E-state index in [2.05, 4.69) is 22.5 Å². The van der Waals surface area contributed by atoms with Crippen molar-refractivity contribution in [3.05, 3.63) is 24.4 Å². The van der Waals surface area contributed by atoms with Gasteiger partial charge in [-0.1, -0.05) is 6.92 Å². The van der Waals surface area contributed by atoms with Gasteiger partial charge in [-0.25, -0.2) is 4.98 Å². The van der Waals surface area contributed by atoms with Gasteiger partial charge in [-0.2, -0.15) is 5.26 Å². The van der Waals surface area contributed by atoms with E-state index < -0.39 is 0 Å². The smallest absolute Gasteiger partial charge is 0.178 e. The second kappa shape index (κ2) is 5.13. The summed E-state index contributed by atoms with van der Waals surface area (Å²) in [6.07, 6.45) is 8.40. The van der Waals surface area contributed by atoms with Gasteiger partial charge in [-0.05, 0) is 25.7 Å². The van der Waals surface area contributed by atoms with Gasteiger partial charge in [0, 0.05) is 24.4 Å². The lowest BCUT2D eigenvalue weighted by atomic mass is 9.86. The summed E-state index contributed by atoms with van der Waals surface area (Å²) in [6, 6.07) is 4.70.